The maximum Gasteiger partial charge on any atom is 0.490 e. The second-order valence-electron chi connectivity index (χ2n) is 6.46. The summed E-state index contributed by atoms with van der Waals surface area (Å²) < 4.78 is 64.8. The van der Waals surface area contributed by atoms with Crippen LogP contribution in [0.1, 0.15) is 13.3 Å². The van der Waals surface area contributed by atoms with Crippen LogP contribution in [0.4, 0.5) is 18.3 Å². The lowest BCUT2D eigenvalue weighted by Crippen LogP contribution is -2.41. The van der Waals surface area contributed by atoms with E-state index in [1.807, 2.05) is 0 Å². The number of alkyl halides is 3. The van der Waals surface area contributed by atoms with Crippen molar-refractivity contribution < 1.29 is 36.2 Å². The van der Waals surface area contributed by atoms with Gasteiger partial charge >= 0.3 is 12.1 Å². The van der Waals surface area contributed by atoms with Crippen molar-refractivity contribution in [3.63, 3.8) is 0 Å². The minimum Gasteiger partial charge on any atom is -0.488 e. The zero-order valence-corrected chi connectivity index (χ0v) is 18.4. The minimum atomic E-state index is -5.08. The molecule has 2 heterocycles. The number of benzene rings is 1. The Morgan fingerprint density at radius 2 is 2.10 bits per heavy atom. The molecule has 0 radical (unpaired) electrons. The molecule has 31 heavy (non-hydrogen) atoms. The van der Waals surface area contributed by atoms with Crippen molar-refractivity contribution in [1.82, 2.24) is 10.3 Å². The number of nitrogens with zero attached hydrogens (tertiary/aromatic N) is 1. The van der Waals surface area contributed by atoms with Crippen molar-refractivity contribution in [2.24, 2.45) is 5.92 Å². The predicted molar refractivity (Wildman–Crippen MR) is 109 cm³/mol. The van der Waals surface area contributed by atoms with Crippen molar-refractivity contribution in [3.05, 3.63) is 34.8 Å². The fourth-order valence-electron chi connectivity index (χ4n) is 2.52. The lowest BCUT2D eigenvalue weighted by molar-refractivity contribution is -0.192. The normalized spacial score (nSPS) is 19.1. The molecular formula is C17H19ClF3N3O5S2. The van der Waals surface area contributed by atoms with E-state index in [9.17, 15) is 21.6 Å². The number of rotatable bonds is 5. The molecule has 0 amide bonds. The molecule has 2 unspecified atom stereocenters. The first kappa shape index (κ1) is 25.2. The van der Waals surface area contributed by atoms with Gasteiger partial charge in [0, 0.05) is 24.0 Å². The number of aromatic nitrogens is 1. The lowest BCUT2D eigenvalue weighted by Gasteiger charge is -2.30. The summed E-state index contributed by atoms with van der Waals surface area (Å²) in [6.45, 7) is 3.91. The maximum atomic E-state index is 12.4. The molecule has 2 atom stereocenters. The molecule has 3 rings (SSSR count). The van der Waals surface area contributed by atoms with Gasteiger partial charge < -0.3 is 15.2 Å². The first-order chi connectivity index (χ1) is 14.4. The van der Waals surface area contributed by atoms with Gasteiger partial charge in [-0.2, -0.15) is 13.2 Å². The number of thiazole rings is 1. The van der Waals surface area contributed by atoms with Crippen molar-refractivity contribution in [2.45, 2.75) is 30.5 Å². The largest absolute Gasteiger partial charge is 0.490 e. The van der Waals surface area contributed by atoms with E-state index in [2.05, 4.69) is 21.9 Å². The summed E-state index contributed by atoms with van der Waals surface area (Å²) in [7, 11) is -3.72. The summed E-state index contributed by atoms with van der Waals surface area (Å²) in [5, 5.41) is 12.7. The molecule has 1 aliphatic heterocycles. The third kappa shape index (κ3) is 7.52. The van der Waals surface area contributed by atoms with Crippen LogP contribution in [0.5, 0.6) is 5.75 Å². The number of carboxylic acids is 1. The van der Waals surface area contributed by atoms with Gasteiger partial charge in [-0.25, -0.2) is 18.2 Å². The zero-order chi connectivity index (χ0) is 23.2. The molecule has 8 nitrogen and oxygen atoms in total. The van der Waals surface area contributed by atoms with E-state index in [1.54, 1.807) is 11.4 Å². The Morgan fingerprint density at radius 1 is 1.42 bits per heavy atom. The molecule has 0 bridgehead atoms. The van der Waals surface area contributed by atoms with Gasteiger partial charge in [0.15, 0.2) is 5.13 Å². The number of carbonyl (C=O) groups is 1. The van der Waals surface area contributed by atoms with Crippen LogP contribution in [0.2, 0.25) is 5.02 Å². The highest BCUT2D eigenvalue weighted by atomic mass is 35.5. The SMILES string of the molecule is CC1CNCCC1Oc1ccc(S(=O)(=O)Nc2nccs2)cc1Cl.O=C(O)C(F)(F)F. The van der Waals surface area contributed by atoms with E-state index >= 15 is 0 Å². The predicted octanol–water partition coefficient (Wildman–Crippen LogP) is 3.61. The molecule has 172 valence electrons. The molecule has 0 aliphatic carbocycles. The Hall–Kier alpha value is -2.09. The highest BCUT2D eigenvalue weighted by Crippen LogP contribution is 2.31. The minimum absolute atomic E-state index is 0.0691. The smallest absolute Gasteiger partial charge is 0.488 e. The second-order valence-corrected chi connectivity index (χ2v) is 9.45. The molecule has 3 N–H and O–H groups in total. The number of aliphatic carboxylic acids is 1. The molecule has 0 saturated carbocycles. The van der Waals surface area contributed by atoms with E-state index in [0.29, 0.717) is 16.8 Å². The van der Waals surface area contributed by atoms with Gasteiger partial charge in [-0.15, -0.1) is 11.3 Å². The first-order valence-corrected chi connectivity index (χ1v) is 11.5. The highest BCUT2D eigenvalue weighted by Gasteiger charge is 2.38. The number of piperidine rings is 1. The summed E-state index contributed by atoms with van der Waals surface area (Å²) >= 11 is 7.45. The Bertz CT molecular complexity index is 987. The van der Waals surface area contributed by atoms with Crippen LogP contribution in [0.25, 0.3) is 0 Å². The Labute approximate surface area is 185 Å². The maximum absolute atomic E-state index is 12.4. The summed E-state index contributed by atoms with van der Waals surface area (Å²) in [4.78, 5) is 12.9. The van der Waals surface area contributed by atoms with E-state index in [4.69, 9.17) is 26.2 Å². The second kappa shape index (κ2) is 10.5. The van der Waals surface area contributed by atoms with Crippen molar-refractivity contribution in [3.8, 4) is 5.75 Å². The number of halogens is 4. The molecule has 1 aromatic heterocycles. The number of ether oxygens (including phenoxy) is 1. The Balaban J connectivity index is 0.000000423. The van der Waals surface area contributed by atoms with Crippen LogP contribution >= 0.6 is 22.9 Å². The van der Waals surface area contributed by atoms with E-state index in [0.717, 1.165) is 19.5 Å². The van der Waals surface area contributed by atoms with Gasteiger partial charge in [-0.05, 0) is 31.2 Å². The van der Waals surface area contributed by atoms with Crippen LogP contribution in [0, 0.1) is 5.92 Å². The Kier molecular flexibility index (Phi) is 8.51. The third-order valence-corrected chi connectivity index (χ3v) is 6.54. The molecule has 1 aromatic carbocycles. The van der Waals surface area contributed by atoms with Crippen molar-refractivity contribution in [1.29, 1.82) is 0 Å². The Morgan fingerprint density at radius 3 is 2.61 bits per heavy atom. The van der Waals surface area contributed by atoms with Gasteiger partial charge in [0.1, 0.15) is 11.9 Å². The molecule has 14 heteroatoms. The monoisotopic (exact) mass is 501 g/mol. The molecule has 1 saturated heterocycles. The van der Waals surface area contributed by atoms with E-state index in [1.165, 1.54) is 29.7 Å². The van der Waals surface area contributed by atoms with Crippen LogP contribution in [0.15, 0.2) is 34.7 Å². The summed E-state index contributed by atoms with van der Waals surface area (Å²) in [5.74, 6) is -1.89. The quantitative estimate of drug-likeness (QED) is 0.573. The third-order valence-electron chi connectivity index (χ3n) is 4.10. The zero-order valence-electron chi connectivity index (χ0n) is 16.0. The molecule has 1 fully saturated rings. The number of carboxylic acid groups (broad SMARTS) is 1. The van der Waals surface area contributed by atoms with Crippen LogP contribution in [-0.4, -0.2) is 49.8 Å². The number of nitrogens with one attached hydrogen (secondary N) is 2. The van der Waals surface area contributed by atoms with Crippen molar-refractivity contribution in [2.75, 3.05) is 17.8 Å². The fourth-order valence-corrected chi connectivity index (χ4v) is 4.62. The highest BCUT2D eigenvalue weighted by molar-refractivity contribution is 7.93. The van der Waals surface area contributed by atoms with Crippen molar-refractivity contribution >= 4 is 44.1 Å². The number of sulfonamides is 1. The standard InChI is InChI=1S/C15H18ClN3O3S2.C2HF3O2/c1-10-9-17-5-4-13(10)22-14-3-2-11(8-12(14)16)24(20,21)19-15-18-6-7-23-15;3-2(4,5)1(6)7/h2-3,6-8,10,13,17H,4-5,9H2,1H3,(H,18,19);(H,6,7). The van der Waals surface area contributed by atoms with Gasteiger partial charge in [0.2, 0.25) is 0 Å². The fraction of sp³-hybridized carbons (Fsp3) is 0.412. The summed E-state index contributed by atoms with van der Waals surface area (Å²) in [5.41, 5.74) is 0. The van der Waals surface area contributed by atoms with E-state index in [-0.39, 0.29) is 16.0 Å². The molecular weight excluding hydrogens is 483 g/mol. The number of anilines is 1. The summed E-state index contributed by atoms with van der Waals surface area (Å²) in [6, 6.07) is 4.50. The average Bonchev–Trinajstić information content (AvgIpc) is 3.17. The first-order valence-electron chi connectivity index (χ1n) is 8.79. The van der Waals surface area contributed by atoms with E-state index < -0.39 is 22.2 Å². The van der Waals surface area contributed by atoms with Gasteiger partial charge in [-0.3, -0.25) is 4.72 Å². The lowest BCUT2D eigenvalue weighted by atomic mass is 9.98. The van der Waals surface area contributed by atoms with Gasteiger partial charge in [0.05, 0.1) is 9.92 Å². The average molecular weight is 502 g/mol. The molecule has 2 aromatic rings. The van der Waals surface area contributed by atoms with Crippen LogP contribution in [-0.2, 0) is 14.8 Å². The van der Waals surface area contributed by atoms with Gasteiger partial charge in [-0.1, -0.05) is 18.5 Å². The van der Waals surface area contributed by atoms with Gasteiger partial charge in [0.25, 0.3) is 10.0 Å². The summed E-state index contributed by atoms with van der Waals surface area (Å²) in [6.07, 6.45) is -2.59. The molecule has 0 spiro atoms. The number of hydrogen-bond donors (Lipinski definition) is 3. The van der Waals surface area contributed by atoms with Crippen LogP contribution < -0.4 is 14.8 Å². The van der Waals surface area contributed by atoms with Crippen LogP contribution in [0.3, 0.4) is 0 Å². The topological polar surface area (TPSA) is 118 Å². The molecule has 1 aliphatic rings. The number of hydrogen-bond acceptors (Lipinski definition) is 7.